The standard InChI is InChI=1S/C14H14ClF3N4O/c1-9(23)21(2)7-11-8-22(20-19-11)6-10-3-4-13(15)12(5-10)14(16,17)18/h3-5,8H,6-7H2,1-2H3. The molecule has 0 bridgehead atoms. The zero-order valence-corrected chi connectivity index (χ0v) is 13.2. The molecular weight excluding hydrogens is 333 g/mol. The van der Waals surface area contributed by atoms with Crippen LogP contribution in [0.4, 0.5) is 13.2 Å². The van der Waals surface area contributed by atoms with E-state index in [1.165, 1.54) is 28.6 Å². The predicted molar refractivity (Wildman–Crippen MR) is 77.7 cm³/mol. The molecule has 0 saturated heterocycles. The molecule has 0 spiro atoms. The number of rotatable bonds is 4. The minimum Gasteiger partial charge on any atom is -0.340 e. The van der Waals surface area contributed by atoms with E-state index in [1.54, 1.807) is 13.2 Å². The fourth-order valence-electron chi connectivity index (χ4n) is 1.92. The van der Waals surface area contributed by atoms with Crippen molar-refractivity contribution in [1.82, 2.24) is 19.9 Å². The third-order valence-corrected chi connectivity index (χ3v) is 3.53. The zero-order chi connectivity index (χ0) is 17.2. The van der Waals surface area contributed by atoms with Gasteiger partial charge in [-0.05, 0) is 17.7 Å². The summed E-state index contributed by atoms with van der Waals surface area (Å²) >= 11 is 5.58. The second-order valence-electron chi connectivity index (χ2n) is 5.09. The molecule has 5 nitrogen and oxygen atoms in total. The van der Waals surface area contributed by atoms with Crippen LogP contribution in [0.1, 0.15) is 23.7 Å². The highest BCUT2D eigenvalue weighted by atomic mass is 35.5. The van der Waals surface area contributed by atoms with Gasteiger partial charge >= 0.3 is 6.18 Å². The molecule has 124 valence electrons. The molecule has 1 aromatic carbocycles. The van der Waals surface area contributed by atoms with Gasteiger partial charge in [-0.3, -0.25) is 4.79 Å². The van der Waals surface area contributed by atoms with Crippen molar-refractivity contribution in [3.63, 3.8) is 0 Å². The SMILES string of the molecule is CC(=O)N(C)Cc1cn(Cc2ccc(Cl)c(C(F)(F)F)c2)nn1. The molecule has 1 heterocycles. The highest BCUT2D eigenvalue weighted by Gasteiger charge is 2.33. The van der Waals surface area contributed by atoms with E-state index in [-0.39, 0.29) is 24.0 Å². The first-order chi connectivity index (χ1) is 10.7. The van der Waals surface area contributed by atoms with Gasteiger partial charge in [0.2, 0.25) is 5.91 Å². The Morgan fingerprint density at radius 2 is 2.09 bits per heavy atom. The Labute approximate surface area is 135 Å². The lowest BCUT2D eigenvalue weighted by atomic mass is 10.1. The van der Waals surface area contributed by atoms with Crippen molar-refractivity contribution < 1.29 is 18.0 Å². The summed E-state index contributed by atoms with van der Waals surface area (Å²) in [4.78, 5) is 12.6. The lowest BCUT2D eigenvalue weighted by molar-refractivity contribution is -0.137. The number of halogens is 4. The molecule has 0 atom stereocenters. The number of hydrogen-bond donors (Lipinski definition) is 0. The van der Waals surface area contributed by atoms with Crippen molar-refractivity contribution in [2.45, 2.75) is 26.2 Å². The van der Waals surface area contributed by atoms with Crippen LogP contribution >= 0.6 is 11.6 Å². The molecule has 2 rings (SSSR count). The number of nitrogens with zero attached hydrogens (tertiary/aromatic N) is 4. The van der Waals surface area contributed by atoms with E-state index in [4.69, 9.17) is 11.6 Å². The summed E-state index contributed by atoms with van der Waals surface area (Å²) < 4.78 is 39.9. The highest BCUT2D eigenvalue weighted by Crippen LogP contribution is 2.35. The minimum atomic E-state index is -4.51. The number of hydrogen-bond acceptors (Lipinski definition) is 3. The zero-order valence-electron chi connectivity index (χ0n) is 12.4. The Balaban J connectivity index is 2.14. The number of benzene rings is 1. The number of alkyl halides is 3. The smallest absolute Gasteiger partial charge is 0.340 e. The Morgan fingerprint density at radius 3 is 2.70 bits per heavy atom. The van der Waals surface area contributed by atoms with Crippen molar-refractivity contribution >= 4 is 17.5 Å². The van der Waals surface area contributed by atoms with Gasteiger partial charge in [0.15, 0.2) is 0 Å². The topological polar surface area (TPSA) is 51.0 Å². The minimum absolute atomic E-state index is 0.118. The Bertz CT molecular complexity index is 714. The summed E-state index contributed by atoms with van der Waals surface area (Å²) in [5, 5.41) is 7.40. The van der Waals surface area contributed by atoms with Crippen molar-refractivity contribution in [2.24, 2.45) is 0 Å². The molecule has 0 N–H and O–H groups in total. The van der Waals surface area contributed by atoms with Gasteiger partial charge in [-0.2, -0.15) is 13.2 Å². The lowest BCUT2D eigenvalue weighted by Crippen LogP contribution is -2.23. The average Bonchev–Trinajstić information content (AvgIpc) is 2.86. The second-order valence-corrected chi connectivity index (χ2v) is 5.50. The Kier molecular flexibility index (Phi) is 4.93. The van der Waals surface area contributed by atoms with E-state index in [0.29, 0.717) is 11.3 Å². The van der Waals surface area contributed by atoms with Gasteiger partial charge in [-0.15, -0.1) is 5.10 Å². The molecule has 0 aliphatic carbocycles. The second kappa shape index (κ2) is 6.57. The molecule has 0 radical (unpaired) electrons. The van der Waals surface area contributed by atoms with E-state index < -0.39 is 11.7 Å². The van der Waals surface area contributed by atoms with Crippen molar-refractivity contribution in [3.05, 3.63) is 46.2 Å². The number of carbonyl (C=O) groups excluding carboxylic acids is 1. The van der Waals surface area contributed by atoms with Gasteiger partial charge in [0.05, 0.1) is 29.9 Å². The molecule has 23 heavy (non-hydrogen) atoms. The lowest BCUT2D eigenvalue weighted by Gasteiger charge is -2.12. The molecule has 0 aliphatic rings. The quantitative estimate of drug-likeness (QED) is 0.855. The third-order valence-electron chi connectivity index (χ3n) is 3.20. The van der Waals surface area contributed by atoms with Crippen LogP contribution in [0, 0.1) is 0 Å². The average molecular weight is 347 g/mol. The molecule has 1 amide bonds. The molecule has 0 unspecified atom stereocenters. The van der Waals surface area contributed by atoms with Gasteiger partial charge in [0.1, 0.15) is 5.69 Å². The Morgan fingerprint density at radius 1 is 1.39 bits per heavy atom. The molecule has 9 heteroatoms. The van der Waals surface area contributed by atoms with Crippen LogP contribution in [0.25, 0.3) is 0 Å². The highest BCUT2D eigenvalue weighted by molar-refractivity contribution is 6.31. The van der Waals surface area contributed by atoms with Gasteiger partial charge in [-0.25, -0.2) is 4.68 Å². The molecule has 2 aromatic rings. The van der Waals surface area contributed by atoms with Gasteiger partial charge < -0.3 is 4.90 Å². The van der Waals surface area contributed by atoms with Crippen molar-refractivity contribution in [2.75, 3.05) is 7.05 Å². The van der Waals surface area contributed by atoms with Crippen LogP contribution in [0.15, 0.2) is 24.4 Å². The fraction of sp³-hybridized carbons (Fsp3) is 0.357. The molecule has 0 aliphatic heterocycles. The number of aromatic nitrogens is 3. The Hall–Kier alpha value is -2.09. The normalized spacial score (nSPS) is 11.6. The number of carbonyl (C=O) groups is 1. The maximum Gasteiger partial charge on any atom is 0.417 e. The van der Waals surface area contributed by atoms with E-state index >= 15 is 0 Å². The molecule has 0 fully saturated rings. The van der Waals surface area contributed by atoms with E-state index in [1.807, 2.05) is 0 Å². The maximum absolute atomic E-state index is 12.8. The summed E-state index contributed by atoms with van der Waals surface area (Å²) in [5.41, 5.74) is 0.0686. The molecular formula is C14H14ClF3N4O. The fourth-order valence-corrected chi connectivity index (χ4v) is 2.14. The first kappa shape index (κ1) is 17.3. The monoisotopic (exact) mass is 346 g/mol. The predicted octanol–water partition coefficient (Wildman–Crippen LogP) is 2.98. The summed E-state index contributed by atoms with van der Waals surface area (Å²) in [6.45, 7) is 1.83. The van der Waals surface area contributed by atoms with Crippen molar-refractivity contribution in [3.8, 4) is 0 Å². The van der Waals surface area contributed by atoms with Crippen LogP contribution < -0.4 is 0 Å². The van der Waals surface area contributed by atoms with Crippen LogP contribution in [-0.4, -0.2) is 32.8 Å². The van der Waals surface area contributed by atoms with Crippen LogP contribution in [0.3, 0.4) is 0 Å². The number of amides is 1. The van der Waals surface area contributed by atoms with Crippen LogP contribution in [0.2, 0.25) is 5.02 Å². The van der Waals surface area contributed by atoms with Gasteiger partial charge in [0.25, 0.3) is 0 Å². The van der Waals surface area contributed by atoms with Crippen LogP contribution in [0.5, 0.6) is 0 Å². The van der Waals surface area contributed by atoms with E-state index in [2.05, 4.69) is 10.3 Å². The van der Waals surface area contributed by atoms with E-state index in [0.717, 1.165) is 6.07 Å². The summed E-state index contributed by atoms with van der Waals surface area (Å²) in [5.74, 6) is -0.118. The van der Waals surface area contributed by atoms with E-state index in [9.17, 15) is 18.0 Å². The largest absolute Gasteiger partial charge is 0.417 e. The maximum atomic E-state index is 12.8. The van der Waals surface area contributed by atoms with Crippen molar-refractivity contribution in [1.29, 1.82) is 0 Å². The van der Waals surface area contributed by atoms with Crippen LogP contribution in [-0.2, 0) is 24.1 Å². The summed E-state index contributed by atoms with van der Waals surface area (Å²) in [6, 6.07) is 3.70. The van der Waals surface area contributed by atoms with Gasteiger partial charge in [0, 0.05) is 14.0 Å². The molecule has 1 aromatic heterocycles. The first-order valence-electron chi connectivity index (χ1n) is 6.63. The summed E-state index contributed by atoms with van der Waals surface area (Å²) in [6.07, 6.45) is -2.92. The van der Waals surface area contributed by atoms with Gasteiger partial charge in [-0.1, -0.05) is 22.9 Å². The molecule has 0 saturated carbocycles. The summed E-state index contributed by atoms with van der Waals surface area (Å²) in [7, 11) is 1.62. The third kappa shape index (κ3) is 4.44. The first-order valence-corrected chi connectivity index (χ1v) is 7.01.